The van der Waals surface area contributed by atoms with Crippen LogP contribution in [-0.2, 0) is 4.79 Å². The molecule has 0 aromatic carbocycles. The van der Waals surface area contributed by atoms with E-state index < -0.39 is 18.2 Å². The fourth-order valence-corrected chi connectivity index (χ4v) is 3.97. The molecule has 4 heterocycles. The van der Waals surface area contributed by atoms with Crippen molar-refractivity contribution in [1.29, 1.82) is 5.26 Å². The maximum atomic E-state index is 13.2. The van der Waals surface area contributed by atoms with Crippen LogP contribution in [0.2, 0.25) is 0 Å². The molecule has 0 radical (unpaired) electrons. The summed E-state index contributed by atoms with van der Waals surface area (Å²) in [6, 6.07) is 7.53. The SMILES string of the molecule is CCC(O)c1cc(C)c(-c2cc3cnc(NC(=O)[C@H]4C[C@H]4F)cc3n3cc(C#N)nc23)cn1. The number of hydrogen-bond donors (Lipinski definition) is 2. The highest BCUT2D eigenvalue weighted by Crippen LogP contribution is 2.35. The van der Waals surface area contributed by atoms with Crippen molar-refractivity contribution in [3.8, 4) is 17.2 Å². The van der Waals surface area contributed by atoms with Crippen LogP contribution < -0.4 is 5.32 Å². The van der Waals surface area contributed by atoms with Gasteiger partial charge in [-0.05, 0) is 37.5 Å². The van der Waals surface area contributed by atoms with Gasteiger partial charge in [-0.1, -0.05) is 6.92 Å². The molecule has 33 heavy (non-hydrogen) atoms. The minimum Gasteiger partial charge on any atom is -0.387 e. The number of carbonyl (C=O) groups is 1. The monoisotopic (exact) mass is 444 g/mol. The van der Waals surface area contributed by atoms with E-state index in [2.05, 4.69) is 26.3 Å². The van der Waals surface area contributed by atoms with Gasteiger partial charge in [0.1, 0.15) is 23.7 Å². The van der Waals surface area contributed by atoms with E-state index in [1.807, 2.05) is 26.0 Å². The number of nitrogens with zero attached hydrogens (tertiary/aromatic N) is 5. The molecule has 3 atom stereocenters. The van der Waals surface area contributed by atoms with E-state index in [0.717, 1.165) is 22.1 Å². The van der Waals surface area contributed by atoms with Crippen LogP contribution in [0.15, 0.2) is 36.8 Å². The van der Waals surface area contributed by atoms with Crippen molar-refractivity contribution in [3.05, 3.63) is 53.7 Å². The van der Waals surface area contributed by atoms with Gasteiger partial charge in [-0.2, -0.15) is 5.26 Å². The van der Waals surface area contributed by atoms with E-state index in [9.17, 15) is 19.6 Å². The molecule has 1 saturated carbocycles. The third-order valence-electron chi connectivity index (χ3n) is 5.98. The van der Waals surface area contributed by atoms with Crippen LogP contribution in [0.4, 0.5) is 10.2 Å². The van der Waals surface area contributed by atoms with E-state index in [0.29, 0.717) is 29.1 Å². The van der Waals surface area contributed by atoms with Gasteiger partial charge in [0, 0.05) is 41.2 Å². The third kappa shape index (κ3) is 3.68. The van der Waals surface area contributed by atoms with Crippen LogP contribution in [0.1, 0.15) is 42.8 Å². The molecule has 0 aliphatic heterocycles. The minimum atomic E-state index is -1.09. The number of alkyl halides is 1. The largest absolute Gasteiger partial charge is 0.387 e. The number of rotatable bonds is 5. The molecule has 166 valence electrons. The van der Waals surface area contributed by atoms with Gasteiger partial charge in [-0.25, -0.2) is 14.4 Å². The Morgan fingerprint density at radius 3 is 2.79 bits per heavy atom. The summed E-state index contributed by atoms with van der Waals surface area (Å²) in [5.74, 6) is -0.696. The molecule has 1 amide bonds. The summed E-state index contributed by atoms with van der Waals surface area (Å²) in [5.41, 5.74) is 4.61. The van der Waals surface area contributed by atoms with Crippen LogP contribution in [-0.4, -0.2) is 36.5 Å². The van der Waals surface area contributed by atoms with E-state index in [-0.39, 0.29) is 18.0 Å². The molecule has 0 saturated heterocycles. The Morgan fingerprint density at radius 1 is 1.33 bits per heavy atom. The molecule has 1 unspecified atom stereocenters. The van der Waals surface area contributed by atoms with Crippen molar-refractivity contribution in [3.63, 3.8) is 0 Å². The number of aryl methyl sites for hydroxylation is 1. The second kappa shape index (κ2) is 7.90. The molecule has 0 bridgehead atoms. The average Bonchev–Trinajstić information content (AvgIpc) is 3.39. The maximum Gasteiger partial charge on any atom is 0.231 e. The van der Waals surface area contributed by atoms with Gasteiger partial charge < -0.3 is 10.4 Å². The highest BCUT2D eigenvalue weighted by atomic mass is 19.1. The van der Waals surface area contributed by atoms with Crippen LogP contribution in [0.25, 0.3) is 27.7 Å². The number of hydrogen-bond acceptors (Lipinski definition) is 6. The van der Waals surface area contributed by atoms with Gasteiger partial charge in [0.05, 0.1) is 23.2 Å². The number of aliphatic hydroxyl groups excluding tert-OH is 1. The van der Waals surface area contributed by atoms with Crippen molar-refractivity contribution in [2.45, 2.75) is 39.0 Å². The Kier molecular flexibility index (Phi) is 5.02. The van der Waals surface area contributed by atoms with Crippen LogP contribution in [0.3, 0.4) is 0 Å². The molecular weight excluding hydrogens is 423 g/mol. The highest BCUT2D eigenvalue weighted by Gasteiger charge is 2.43. The topological polar surface area (TPSA) is 116 Å². The Morgan fingerprint density at radius 2 is 2.12 bits per heavy atom. The zero-order valence-electron chi connectivity index (χ0n) is 18.1. The molecule has 5 rings (SSSR count). The Bertz CT molecular complexity index is 1460. The lowest BCUT2D eigenvalue weighted by Crippen LogP contribution is -2.16. The van der Waals surface area contributed by atoms with Crippen molar-refractivity contribution in [2.75, 3.05) is 5.32 Å². The van der Waals surface area contributed by atoms with Crippen molar-refractivity contribution in [2.24, 2.45) is 5.92 Å². The van der Waals surface area contributed by atoms with Gasteiger partial charge in [-0.15, -0.1) is 0 Å². The van der Waals surface area contributed by atoms with E-state index in [1.54, 1.807) is 29.1 Å². The lowest BCUT2D eigenvalue weighted by Gasteiger charge is -2.14. The summed E-state index contributed by atoms with van der Waals surface area (Å²) in [4.78, 5) is 25.4. The number of aliphatic hydroxyl groups is 1. The molecule has 2 N–H and O–H groups in total. The second-order valence-corrected chi connectivity index (χ2v) is 8.31. The molecule has 1 fully saturated rings. The number of fused-ring (bicyclic) bond motifs is 3. The quantitative estimate of drug-likeness (QED) is 0.483. The van der Waals surface area contributed by atoms with Crippen molar-refractivity contribution >= 4 is 28.3 Å². The van der Waals surface area contributed by atoms with E-state index in [4.69, 9.17) is 0 Å². The number of aromatic nitrogens is 4. The molecule has 0 spiro atoms. The molecule has 4 aromatic rings. The highest BCUT2D eigenvalue weighted by molar-refractivity contribution is 5.97. The number of carbonyl (C=O) groups excluding carboxylic acids is 1. The first-order chi connectivity index (χ1) is 15.9. The van der Waals surface area contributed by atoms with Crippen molar-refractivity contribution < 1.29 is 14.3 Å². The number of pyridine rings is 3. The first-order valence-corrected chi connectivity index (χ1v) is 10.7. The third-order valence-corrected chi connectivity index (χ3v) is 5.98. The van der Waals surface area contributed by atoms with Gasteiger partial charge in [-0.3, -0.25) is 14.2 Å². The summed E-state index contributed by atoms with van der Waals surface area (Å²) in [7, 11) is 0. The molecular formula is C24H21FN6O2. The minimum absolute atomic E-state index is 0.238. The first kappa shape index (κ1) is 21.0. The summed E-state index contributed by atoms with van der Waals surface area (Å²) >= 11 is 0. The molecule has 1 aliphatic rings. The molecule has 9 heteroatoms. The van der Waals surface area contributed by atoms with Crippen LogP contribution in [0, 0.1) is 24.2 Å². The zero-order valence-corrected chi connectivity index (χ0v) is 18.1. The van der Waals surface area contributed by atoms with Gasteiger partial charge in [0.15, 0.2) is 5.69 Å². The maximum absolute atomic E-state index is 13.2. The number of halogens is 1. The fraction of sp³-hybridized carbons (Fsp3) is 0.292. The first-order valence-electron chi connectivity index (χ1n) is 10.7. The predicted octanol–water partition coefficient (Wildman–Crippen LogP) is 3.86. The Labute approximate surface area is 188 Å². The van der Waals surface area contributed by atoms with Crippen LogP contribution >= 0.6 is 0 Å². The van der Waals surface area contributed by atoms with Crippen LogP contribution in [0.5, 0.6) is 0 Å². The second-order valence-electron chi connectivity index (χ2n) is 8.31. The van der Waals surface area contributed by atoms with Crippen molar-refractivity contribution in [1.82, 2.24) is 19.4 Å². The molecule has 1 aliphatic carbocycles. The van der Waals surface area contributed by atoms with Gasteiger partial charge >= 0.3 is 0 Å². The lowest BCUT2D eigenvalue weighted by atomic mass is 10.0. The van der Waals surface area contributed by atoms with E-state index >= 15 is 0 Å². The molecule has 8 nitrogen and oxygen atoms in total. The number of nitrogens with one attached hydrogen (secondary N) is 1. The van der Waals surface area contributed by atoms with Gasteiger partial charge in [0.25, 0.3) is 0 Å². The molecule has 4 aromatic heterocycles. The average molecular weight is 444 g/mol. The summed E-state index contributed by atoms with van der Waals surface area (Å²) in [6.07, 6.45) is 4.04. The van der Waals surface area contributed by atoms with E-state index in [1.165, 1.54) is 0 Å². The smallest absolute Gasteiger partial charge is 0.231 e. The number of anilines is 1. The number of nitriles is 1. The number of amides is 1. The number of imidazole rings is 1. The van der Waals surface area contributed by atoms with Gasteiger partial charge in [0.2, 0.25) is 5.91 Å². The summed E-state index contributed by atoms with van der Waals surface area (Å²) in [6.45, 7) is 3.82. The fourth-order valence-electron chi connectivity index (χ4n) is 3.97. The Hall–Kier alpha value is -3.90. The Balaban J connectivity index is 1.64. The summed E-state index contributed by atoms with van der Waals surface area (Å²) < 4.78 is 15.0. The standard InChI is InChI=1S/C24H21FN6O2/c1-3-21(32)19-4-12(2)17(10-27-19)15-5-13-9-28-22(30-24(33)16-6-18(16)25)7-20(13)31-11-14(8-26)29-23(15)31/h4-5,7,9-11,16,18,21,32H,3,6H2,1-2H3,(H,28,30,33)/t16-,18+,21?/m0/s1. The predicted molar refractivity (Wildman–Crippen MR) is 120 cm³/mol. The summed E-state index contributed by atoms with van der Waals surface area (Å²) in [5, 5.41) is 23.0. The lowest BCUT2D eigenvalue weighted by molar-refractivity contribution is -0.117. The normalized spacial score (nSPS) is 18.3. The zero-order chi connectivity index (χ0) is 23.3.